The first-order chi connectivity index (χ1) is 21.8. The van der Waals surface area contributed by atoms with Crippen LogP contribution >= 0.6 is 54.5 Å². The fraction of sp³-hybridized carbons (Fsp3) is 0.0571. The summed E-state index contributed by atoms with van der Waals surface area (Å²) in [6, 6.07) is 27.9. The summed E-state index contributed by atoms with van der Waals surface area (Å²) in [6.45, 7) is 0. The Balaban J connectivity index is 1.64. The summed E-state index contributed by atoms with van der Waals surface area (Å²) >= 11 is 8.53. The van der Waals surface area contributed by atoms with Gasteiger partial charge in [0.1, 0.15) is 0 Å². The topological polar surface area (TPSA) is 17.1 Å². The number of hydrogen-bond acceptors (Lipinski definition) is 3. The number of benzene rings is 4. The van der Waals surface area contributed by atoms with Crippen LogP contribution in [0.5, 0.6) is 0 Å². The minimum Gasteiger partial charge on any atom is -0.287 e. The van der Waals surface area contributed by atoms with Crippen molar-refractivity contribution in [3.63, 3.8) is 0 Å². The number of carbonyl (C=O) groups excluding carboxylic acids is 1. The Morgan fingerprint density at radius 1 is 0.500 bits per heavy atom. The average Bonchev–Trinajstić information content (AvgIpc) is 3.66. The van der Waals surface area contributed by atoms with Crippen LogP contribution in [0.15, 0.2) is 118 Å². The van der Waals surface area contributed by atoms with Gasteiger partial charge in [0.2, 0.25) is 5.78 Å². The molecule has 4 aromatic carbocycles. The fourth-order valence-corrected chi connectivity index (χ4v) is 8.12. The number of carbonyl (C=O) groups is 1. The molecule has 0 aliphatic heterocycles. The zero-order valence-corrected chi connectivity index (χ0v) is 27.9. The molecule has 6 rings (SSSR count). The molecule has 11 heteroatoms. The van der Waals surface area contributed by atoms with Crippen molar-refractivity contribution in [3.8, 4) is 43.1 Å². The van der Waals surface area contributed by atoms with Crippen molar-refractivity contribution >= 4 is 60.3 Å². The van der Waals surface area contributed by atoms with E-state index in [1.165, 1.54) is 36.4 Å². The van der Waals surface area contributed by atoms with Crippen molar-refractivity contribution in [2.24, 2.45) is 0 Å². The number of ketones is 1. The lowest BCUT2D eigenvalue weighted by Crippen LogP contribution is -2.09. The van der Waals surface area contributed by atoms with E-state index in [-0.39, 0.29) is 32.0 Å². The quantitative estimate of drug-likeness (QED) is 0.121. The average molecular weight is 792 g/mol. The van der Waals surface area contributed by atoms with Gasteiger partial charge < -0.3 is 0 Å². The van der Waals surface area contributed by atoms with E-state index in [0.717, 1.165) is 34.8 Å². The van der Waals surface area contributed by atoms with Crippen molar-refractivity contribution in [2.75, 3.05) is 0 Å². The van der Waals surface area contributed by atoms with Gasteiger partial charge >= 0.3 is 12.4 Å². The van der Waals surface area contributed by atoms with Crippen molar-refractivity contribution in [1.82, 2.24) is 0 Å². The molecule has 0 saturated heterocycles. The second-order valence-corrected chi connectivity index (χ2v) is 14.1. The molecule has 0 N–H and O–H groups in total. The first kappa shape index (κ1) is 32.4. The van der Waals surface area contributed by atoms with Crippen LogP contribution in [0.1, 0.15) is 25.7 Å². The first-order valence-electron chi connectivity index (χ1n) is 13.5. The predicted molar refractivity (Wildman–Crippen MR) is 179 cm³/mol. The molecule has 0 spiro atoms. The highest BCUT2D eigenvalue weighted by molar-refractivity contribution is 9.10. The molecular formula is C35H18Br2F6OS2. The van der Waals surface area contributed by atoms with Crippen molar-refractivity contribution < 1.29 is 31.1 Å². The molecule has 0 unspecified atom stereocenters. The third kappa shape index (κ3) is 6.51. The summed E-state index contributed by atoms with van der Waals surface area (Å²) in [5, 5.41) is 0. The van der Waals surface area contributed by atoms with E-state index in [0.29, 0.717) is 29.8 Å². The zero-order chi connectivity index (χ0) is 32.8. The summed E-state index contributed by atoms with van der Waals surface area (Å²) in [7, 11) is 0. The van der Waals surface area contributed by atoms with Crippen molar-refractivity contribution in [3.05, 3.63) is 139 Å². The maximum Gasteiger partial charge on any atom is 0.417 e. The maximum atomic E-state index is 14.7. The van der Waals surface area contributed by atoms with Gasteiger partial charge in [-0.05, 0) is 70.8 Å². The number of alkyl halides is 6. The van der Waals surface area contributed by atoms with Crippen LogP contribution in [0.3, 0.4) is 0 Å². The van der Waals surface area contributed by atoms with Gasteiger partial charge in [-0.2, -0.15) is 26.3 Å². The smallest absolute Gasteiger partial charge is 0.287 e. The monoisotopic (exact) mass is 790 g/mol. The van der Waals surface area contributed by atoms with Crippen LogP contribution in [0.25, 0.3) is 43.1 Å². The second kappa shape index (κ2) is 12.6. The van der Waals surface area contributed by atoms with Crippen LogP contribution in [0, 0.1) is 0 Å². The summed E-state index contributed by atoms with van der Waals surface area (Å²) < 4.78 is 86.6. The van der Waals surface area contributed by atoms with Gasteiger partial charge in [-0.1, -0.05) is 92.5 Å². The Labute approximate surface area is 284 Å². The second-order valence-electron chi connectivity index (χ2n) is 10.1. The molecular weight excluding hydrogens is 774 g/mol. The SMILES string of the molecule is O=C(c1sc(-c2ccccc2)cc1-c1cc(Br)ccc1C(F)(F)F)c1sc(-c2ccccc2)cc1-c1cc(Br)ccc1C(F)(F)F. The molecule has 0 amide bonds. The van der Waals surface area contributed by atoms with Crippen molar-refractivity contribution in [1.29, 1.82) is 0 Å². The Morgan fingerprint density at radius 3 is 1.22 bits per heavy atom. The molecule has 0 saturated carbocycles. The Kier molecular flexibility index (Phi) is 8.88. The van der Waals surface area contributed by atoms with Crippen LogP contribution in [-0.2, 0) is 12.4 Å². The largest absolute Gasteiger partial charge is 0.417 e. The number of halogens is 8. The summed E-state index contributed by atoms with van der Waals surface area (Å²) in [4.78, 5) is 15.7. The van der Waals surface area contributed by atoms with Crippen LogP contribution < -0.4 is 0 Å². The molecule has 232 valence electrons. The minimum atomic E-state index is -4.74. The molecule has 1 nitrogen and oxygen atoms in total. The highest BCUT2D eigenvalue weighted by atomic mass is 79.9. The summed E-state index contributed by atoms with van der Waals surface area (Å²) in [6.07, 6.45) is -9.48. The predicted octanol–water partition coefficient (Wildman–Crippen LogP) is 13.3. The van der Waals surface area contributed by atoms with E-state index in [1.54, 1.807) is 60.7 Å². The van der Waals surface area contributed by atoms with E-state index in [1.807, 2.05) is 0 Å². The van der Waals surface area contributed by atoms with E-state index < -0.39 is 29.3 Å². The van der Waals surface area contributed by atoms with Crippen molar-refractivity contribution in [2.45, 2.75) is 12.4 Å². The molecule has 0 aliphatic carbocycles. The molecule has 2 heterocycles. The van der Waals surface area contributed by atoms with Crippen LogP contribution in [0.4, 0.5) is 26.3 Å². The number of thiophene rings is 2. The van der Waals surface area contributed by atoms with E-state index in [2.05, 4.69) is 31.9 Å². The van der Waals surface area contributed by atoms with Gasteiger partial charge in [0.05, 0.1) is 20.9 Å². The standard InChI is InChI=1S/C35H18Br2F6OS2/c36-21-11-13-27(34(38,39)40)23(15-21)25-17-29(19-7-3-1-4-8-19)45-32(25)31(44)33-26(18-30(46-33)20-9-5-2-6-10-20)24-16-22(37)12-14-28(24)35(41,42)43/h1-18H. The van der Waals surface area contributed by atoms with Gasteiger partial charge in [-0.15, -0.1) is 22.7 Å². The number of rotatable bonds is 6. The first-order valence-corrected chi connectivity index (χ1v) is 16.7. The molecule has 0 bridgehead atoms. The van der Waals surface area contributed by atoms with Gasteiger partial charge in [0.25, 0.3) is 0 Å². The zero-order valence-electron chi connectivity index (χ0n) is 23.1. The molecule has 0 fully saturated rings. The lowest BCUT2D eigenvalue weighted by Gasteiger charge is -2.15. The number of hydrogen-bond donors (Lipinski definition) is 0. The van der Waals surface area contributed by atoms with Crippen LogP contribution in [0.2, 0.25) is 0 Å². The molecule has 0 aliphatic rings. The van der Waals surface area contributed by atoms with Gasteiger partial charge in [-0.25, -0.2) is 0 Å². The van der Waals surface area contributed by atoms with E-state index >= 15 is 0 Å². The fourth-order valence-electron chi connectivity index (χ4n) is 5.09. The third-order valence-corrected chi connectivity index (χ3v) is 10.5. The van der Waals surface area contributed by atoms with E-state index in [9.17, 15) is 31.1 Å². The van der Waals surface area contributed by atoms with E-state index in [4.69, 9.17) is 0 Å². The Bertz CT molecular complexity index is 1920. The summed E-state index contributed by atoms with van der Waals surface area (Å²) in [5.74, 6) is -0.675. The maximum absolute atomic E-state index is 14.7. The Hall–Kier alpha value is -3.51. The van der Waals surface area contributed by atoms with Gasteiger partial charge in [0, 0.05) is 29.8 Å². The third-order valence-electron chi connectivity index (χ3n) is 7.15. The molecule has 46 heavy (non-hydrogen) atoms. The minimum absolute atomic E-state index is 0.0197. The van der Waals surface area contributed by atoms with Crippen LogP contribution in [-0.4, -0.2) is 5.78 Å². The normalized spacial score (nSPS) is 12.0. The highest BCUT2D eigenvalue weighted by Gasteiger charge is 2.37. The molecule has 6 aromatic rings. The lowest BCUT2D eigenvalue weighted by atomic mass is 9.95. The lowest BCUT2D eigenvalue weighted by molar-refractivity contribution is -0.137. The molecule has 0 radical (unpaired) electrons. The molecule has 2 aromatic heterocycles. The summed E-state index contributed by atoms with van der Waals surface area (Å²) in [5.41, 5.74) is -0.887. The van der Waals surface area contributed by atoms with Gasteiger partial charge in [-0.3, -0.25) is 4.79 Å². The Morgan fingerprint density at radius 2 is 0.870 bits per heavy atom. The highest BCUT2D eigenvalue weighted by Crippen LogP contribution is 2.48. The molecule has 0 atom stereocenters. The van der Waals surface area contributed by atoms with Gasteiger partial charge in [0.15, 0.2) is 0 Å².